The highest BCUT2D eigenvalue weighted by Gasteiger charge is 2.14. The van der Waals surface area contributed by atoms with Gasteiger partial charge in [-0.1, -0.05) is 6.42 Å². The van der Waals surface area contributed by atoms with E-state index in [1.807, 2.05) is 23.7 Å². The molecule has 0 aliphatic carbocycles. The molecule has 0 fully saturated rings. The van der Waals surface area contributed by atoms with Crippen molar-refractivity contribution in [1.29, 1.82) is 0 Å². The molecule has 0 saturated carbocycles. The zero-order valence-electron chi connectivity index (χ0n) is 18.2. The van der Waals surface area contributed by atoms with Crippen LogP contribution in [0, 0.1) is 0 Å². The summed E-state index contributed by atoms with van der Waals surface area (Å²) in [5.74, 6) is -1.45. The van der Waals surface area contributed by atoms with Gasteiger partial charge in [-0.05, 0) is 44.9 Å². The van der Waals surface area contributed by atoms with Gasteiger partial charge in [-0.3, -0.25) is 14.4 Å². The van der Waals surface area contributed by atoms with Crippen molar-refractivity contribution < 1.29 is 23.6 Å². The fraction of sp³-hybridized carbons (Fsp3) is 0.455. The Bertz CT molecular complexity index is 981. The Labute approximate surface area is 180 Å². The van der Waals surface area contributed by atoms with Gasteiger partial charge in [-0.2, -0.15) is 5.48 Å². The van der Waals surface area contributed by atoms with Crippen LogP contribution in [0.3, 0.4) is 0 Å². The van der Waals surface area contributed by atoms with E-state index in [1.165, 1.54) is 6.92 Å². The van der Waals surface area contributed by atoms with E-state index in [1.54, 1.807) is 6.07 Å². The molecule has 0 spiro atoms. The molecule has 2 N–H and O–H groups in total. The van der Waals surface area contributed by atoms with Crippen LogP contribution < -0.4 is 21.3 Å². The summed E-state index contributed by atoms with van der Waals surface area (Å²) in [6.07, 6.45) is 2.12. The number of hydrogen-bond acceptors (Lipinski definition) is 7. The molecule has 0 aliphatic rings. The minimum absolute atomic E-state index is 0.0381. The summed E-state index contributed by atoms with van der Waals surface area (Å²) in [5, 5.41) is 3.38. The van der Waals surface area contributed by atoms with Crippen LogP contribution in [0.15, 0.2) is 33.5 Å². The lowest BCUT2D eigenvalue weighted by molar-refractivity contribution is -0.156. The third kappa shape index (κ3) is 7.13. The van der Waals surface area contributed by atoms with Crippen LogP contribution in [-0.4, -0.2) is 37.4 Å². The first-order valence-corrected chi connectivity index (χ1v) is 10.4. The second-order valence-corrected chi connectivity index (χ2v) is 7.03. The van der Waals surface area contributed by atoms with Gasteiger partial charge >= 0.3 is 11.6 Å². The molecule has 0 unspecified atom stereocenters. The Morgan fingerprint density at radius 3 is 2.48 bits per heavy atom. The molecule has 0 aliphatic heterocycles. The standard InChI is InChI=1S/C22H29N3O6/c1-4-25(5-2)17-11-10-16-13-18(22(29)30-19(16)14-17)21(28)23-12-8-6-7-9-20(27)24-31-15(3)26/h10-11,13-14H,4-9,12H2,1-3H3,(H,23,28)(H,24,27). The first-order chi connectivity index (χ1) is 14.8. The van der Waals surface area contributed by atoms with E-state index in [0.29, 0.717) is 36.8 Å². The van der Waals surface area contributed by atoms with Crippen LogP contribution in [-0.2, 0) is 14.4 Å². The van der Waals surface area contributed by atoms with E-state index < -0.39 is 17.5 Å². The van der Waals surface area contributed by atoms with Crippen LogP contribution in [0.1, 0.15) is 56.8 Å². The van der Waals surface area contributed by atoms with Gasteiger partial charge in [0, 0.05) is 50.1 Å². The summed E-state index contributed by atoms with van der Waals surface area (Å²) in [6.45, 7) is 7.34. The Kier molecular flexibility index (Phi) is 9.05. The Morgan fingerprint density at radius 1 is 1.06 bits per heavy atom. The lowest BCUT2D eigenvalue weighted by Crippen LogP contribution is -2.29. The van der Waals surface area contributed by atoms with Crippen molar-refractivity contribution in [3.63, 3.8) is 0 Å². The maximum absolute atomic E-state index is 12.4. The number of benzene rings is 1. The van der Waals surface area contributed by atoms with Crippen molar-refractivity contribution in [2.24, 2.45) is 0 Å². The van der Waals surface area contributed by atoms with Crippen molar-refractivity contribution in [3.8, 4) is 0 Å². The number of carbonyl (C=O) groups is 3. The summed E-state index contributed by atoms with van der Waals surface area (Å²) in [6, 6.07) is 7.13. The molecule has 0 radical (unpaired) electrons. The molecular formula is C22H29N3O6. The summed E-state index contributed by atoms with van der Waals surface area (Å²) >= 11 is 0. The second kappa shape index (κ2) is 11.7. The fourth-order valence-electron chi connectivity index (χ4n) is 3.11. The number of hydrogen-bond donors (Lipinski definition) is 2. The van der Waals surface area contributed by atoms with E-state index in [4.69, 9.17) is 4.42 Å². The third-order valence-electron chi connectivity index (χ3n) is 4.77. The quantitative estimate of drug-likeness (QED) is 0.337. The molecular weight excluding hydrogens is 402 g/mol. The van der Waals surface area contributed by atoms with Gasteiger partial charge in [0.25, 0.3) is 11.8 Å². The smallest absolute Gasteiger partial charge is 0.349 e. The molecule has 2 aromatic rings. The lowest BCUT2D eigenvalue weighted by atomic mass is 10.1. The van der Waals surface area contributed by atoms with E-state index in [2.05, 4.69) is 28.9 Å². The average molecular weight is 431 g/mol. The van der Waals surface area contributed by atoms with E-state index in [-0.39, 0.29) is 17.9 Å². The van der Waals surface area contributed by atoms with Gasteiger partial charge in [0.2, 0.25) is 0 Å². The van der Waals surface area contributed by atoms with Crippen LogP contribution in [0.5, 0.6) is 0 Å². The monoisotopic (exact) mass is 431 g/mol. The fourth-order valence-corrected chi connectivity index (χ4v) is 3.11. The normalized spacial score (nSPS) is 10.5. The van der Waals surface area contributed by atoms with E-state index in [0.717, 1.165) is 18.8 Å². The molecule has 0 saturated heterocycles. The number of fused-ring (bicyclic) bond motifs is 1. The van der Waals surface area contributed by atoms with Crippen LogP contribution >= 0.6 is 0 Å². The Balaban J connectivity index is 1.86. The van der Waals surface area contributed by atoms with Gasteiger partial charge in [0.05, 0.1) is 0 Å². The predicted octanol–water partition coefficient (Wildman–Crippen LogP) is 2.52. The largest absolute Gasteiger partial charge is 0.422 e. The molecule has 0 bridgehead atoms. The molecule has 1 heterocycles. The zero-order chi connectivity index (χ0) is 22.8. The molecule has 2 rings (SSSR count). The highest BCUT2D eigenvalue weighted by atomic mass is 16.7. The maximum Gasteiger partial charge on any atom is 0.349 e. The number of nitrogens with one attached hydrogen (secondary N) is 2. The topological polar surface area (TPSA) is 118 Å². The van der Waals surface area contributed by atoms with Crippen LogP contribution in [0.25, 0.3) is 11.0 Å². The average Bonchev–Trinajstić information content (AvgIpc) is 2.74. The van der Waals surface area contributed by atoms with E-state index in [9.17, 15) is 19.2 Å². The number of amides is 2. The highest BCUT2D eigenvalue weighted by Crippen LogP contribution is 2.22. The van der Waals surface area contributed by atoms with Gasteiger partial charge in [-0.15, -0.1) is 0 Å². The Morgan fingerprint density at radius 2 is 1.81 bits per heavy atom. The van der Waals surface area contributed by atoms with Gasteiger partial charge in [0.15, 0.2) is 0 Å². The van der Waals surface area contributed by atoms with Gasteiger partial charge in [-0.25, -0.2) is 4.79 Å². The minimum atomic E-state index is -0.677. The van der Waals surface area contributed by atoms with E-state index >= 15 is 0 Å². The number of rotatable bonds is 10. The number of hydroxylamine groups is 1. The van der Waals surface area contributed by atoms with Crippen LogP contribution in [0.4, 0.5) is 5.69 Å². The number of carbonyl (C=O) groups excluding carboxylic acids is 3. The van der Waals surface area contributed by atoms with Crippen molar-refractivity contribution in [3.05, 3.63) is 40.2 Å². The third-order valence-corrected chi connectivity index (χ3v) is 4.77. The lowest BCUT2D eigenvalue weighted by Gasteiger charge is -2.21. The van der Waals surface area contributed by atoms with Crippen LogP contribution in [0.2, 0.25) is 0 Å². The number of unbranched alkanes of at least 4 members (excludes halogenated alkanes) is 2. The van der Waals surface area contributed by atoms with Crippen molar-refractivity contribution in [2.75, 3.05) is 24.5 Å². The van der Waals surface area contributed by atoms with Gasteiger partial charge in [0.1, 0.15) is 11.1 Å². The Hall–Kier alpha value is -3.36. The summed E-state index contributed by atoms with van der Waals surface area (Å²) in [5.41, 5.74) is 2.73. The summed E-state index contributed by atoms with van der Waals surface area (Å²) < 4.78 is 5.38. The van der Waals surface area contributed by atoms with Gasteiger partial charge < -0.3 is 19.5 Å². The molecule has 2 amide bonds. The molecule has 9 heteroatoms. The first-order valence-electron chi connectivity index (χ1n) is 10.4. The van der Waals surface area contributed by atoms with Crippen molar-refractivity contribution in [2.45, 2.75) is 46.5 Å². The molecule has 0 atom stereocenters. The molecule has 168 valence electrons. The maximum atomic E-state index is 12.4. The van der Waals surface area contributed by atoms with Crippen molar-refractivity contribution >= 4 is 34.4 Å². The minimum Gasteiger partial charge on any atom is -0.422 e. The highest BCUT2D eigenvalue weighted by molar-refractivity contribution is 5.97. The number of anilines is 1. The van der Waals surface area contributed by atoms with Crippen molar-refractivity contribution in [1.82, 2.24) is 10.8 Å². The molecule has 1 aromatic carbocycles. The number of nitrogens with zero attached hydrogens (tertiary/aromatic N) is 1. The molecule has 31 heavy (non-hydrogen) atoms. The molecule has 9 nitrogen and oxygen atoms in total. The zero-order valence-corrected chi connectivity index (χ0v) is 18.2. The first kappa shape index (κ1) is 23.9. The summed E-state index contributed by atoms with van der Waals surface area (Å²) in [7, 11) is 0. The molecule has 1 aromatic heterocycles. The predicted molar refractivity (Wildman–Crippen MR) is 117 cm³/mol. The second-order valence-electron chi connectivity index (χ2n) is 7.03. The SMILES string of the molecule is CCN(CC)c1ccc2cc(C(=O)NCCCCCC(=O)NOC(C)=O)c(=O)oc2c1. The summed E-state index contributed by atoms with van der Waals surface area (Å²) in [4.78, 5) is 53.2.